The van der Waals surface area contributed by atoms with Crippen LogP contribution in [0.25, 0.3) is 0 Å². The van der Waals surface area contributed by atoms with Gasteiger partial charge in [-0.25, -0.2) is 4.79 Å². The molecule has 1 atom stereocenters. The Balaban J connectivity index is 2.92. The Labute approximate surface area is 101 Å². The van der Waals surface area contributed by atoms with Crippen molar-refractivity contribution < 1.29 is 15.0 Å². The van der Waals surface area contributed by atoms with Gasteiger partial charge in [0.2, 0.25) is 0 Å². The first-order valence-electron chi connectivity index (χ1n) is 4.41. The third-order valence-corrected chi connectivity index (χ3v) is 3.12. The number of hydrogen-bond donors (Lipinski definition) is 3. The van der Waals surface area contributed by atoms with Crippen molar-refractivity contribution in [1.29, 1.82) is 0 Å². The smallest absolute Gasteiger partial charge is 0.339 e. The highest BCUT2D eigenvalue weighted by molar-refractivity contribution is 14.1. The minimum Gasteiger partial charge on any atom is -0.507 e. The molecule has 1 aromatic rings. The topological polar surface area (TPSA) is 83.5 Å². The molecule has 82 valence electrons. The van der Waals surface area contributed by atoms with Gasteiger partial charge in [-0.1, -0.05) is 28.7 Å². The molecule has 1 aromatic carbocycles. The van der Waals surface area contributed by atoms with Crippen LogP contribution in [-0.4, -0.2) is 26.7 Å². The van der Waals surface area contributed by atoms with Crippen molar-refractivity contribution >= 4 is 28.6 Å². The summed E-state index contributed by atoms with van der Waals surface area (Å²) in [6, 6.07) is 4.55. The van der Waals surface area contributed by atoms with Gasteiger partial charge < -0.3 is 15.9 Å². The molecule has 0 fully saturated rings. The van der Waals surface area contributed by atoms with E-state index in [2.05, 4.69) is 22.6 Å². The molecule has 0 saturated carbocycles. The number of aromatic hydroxyl groups is 1. The van der Waals surface area contributed by atoms with Crippen molar-refractivity contribution in [2.75, 3.05) is 4.43 Å². The zero-order valence-electron chi connectivity index (χ0n) is 7.98. The Morgan fingerprint density at radius 3 is 2.73 bits per heavy atom. The Morgan fingerprint density at radius 2 is 2.20 bits per heavy atom. The lowest BCUT2D eigenvalue weighted by Gasteiger charge is -2.09. The Hall–Kier alpha value is -0.820. The fourth-order valence-corrected chi connectivity index (χ4v) is 1.55. The summed E-state index contributed by atoms with van der Waals surface area (Å²) >= 11 is 2.18. The van der Waals surface area contributed by atoms with E-state index in [0.717, 1.165) is 9.99 Å². The Bertz CT molecular complexity index is 368. The van der Waals surface area contributed by atoms with Crippen LogP contribution in [0.5, 0.6) is 5.75 Å². The number of nitrogens with two attached hydrogens (primary N) is 1. The van der Waals surface area contributed by atoms with E-state index in [9.17, 15) is 9.90 Å². The molecule has 0 aliphatic heterocycles. The van der Waals surface area contributed by atoms with Crippen molar-refractivity contribution in [3.63, 3.8) is 0 Å². The van der Waals surface area contributed by atoms with Crippen LogP contribution in [-0.2, 0) is 6.42 Å². The van der Waals surface area contributed by atoms with Gasteiger partial charge in [0.05, 0.1) is 0 Å². The lowest BCUT2D eigenvalue weighted by atomic mass is 10.0. The highest BCUT2D eigenvalue weighted by Crippen LogP contribution is 2.19. The second-order valence-corrected chi connectivity index (χ2v) is 4.16. The maximum Gasteiger partial charge on any atom is 0.339 e. The summed E-state index contributed by atoms with van der Waals surface area (Å²) in [4.78, 5) is 10.7. The highest BCUT2D eigenvalue weighted by Gasteiger charge is 2.11. The second-order valence-electron chi connectivity index (χ2n) is 3.28. The van der Waals surface area contributed by atoms with E-state index in [1.165, 1.54) is 12.1 Å². The molecule has 4 N–H and O–H groups in total. The number of benzene rings is 1. The van der Waals surface area contributed by atoms with Crippen molar-refractivity contribution in [2.24, 2.45) is 5.73 Å². The minimum atomic E-state index is -1.13. The molecule has 0 amide bonds. The summed E-state index contributed by atoms with van der Waals surface area (Å²) in [6.07, 6.45) is 0.615. The average molecular weight is 321 g/mol. The Morgan fingerprint density at radius 1 is 1.53 bits per heavy atom. The summed E-state index contributed by atoms with van der Waals surface area (Å²) in [5.74, 6) is -1.34. The zero-order valence-corrected chi connectivity index (χ0v) is 10.1. The molecule has 0 unspecified atom stereocenters. The van der Waals surface area contributed by atoms with Crippen molar-refractivity contribution in [3.8, 4) is 5.75 Å². The normalized spacial score (nSPS) is 12.4. The fourth-order valence-electron chi connectivity index (χ4n) is 1.24. The van der Waals surface area contributed by atoms with Gasteiger partial charge in [-0.15, -0.1) is 0 Å². The van der Waals surface area contributed by atoms with Gasteiger partial charge in [-0.05, 0) is 24.1 Å². The Kier molecular flexibility index (Phi) is 4.34. The fraction of sp³-hybridized carbons (Fsp3) is 0.300. The van der Waals surface area contributed by atoms with Crippen molar-refractivity contribution in [1.82, 2.24) is 0 Å². The van der Waals surface area contributed by atoms with Crippen molar-refractivity contribution in [2.45, 2.75) is 12.5 Å². The van der Waals surface area contributed by atoms with E-state index < -0.39 is 5.97 Å². The van der Waals surface area contributed by atoms with Crippen LogP contribution in [0.2, 0.25) is 0 Å². The molecule has 0 radical (unpaired) electrons. The van der Waals surface area contributed by atoms with Gasteiger partial charge in [0, 0.05) is 10.5 Å². The third-order valence-electron chi connectivity index (χ3n) is 1.99. The van der Waals surface area contributed by atoms with Gasteiger partial charge >= 0.3 is 5.97 Å². The number of rotatable bonds is 4. The molecular formula is C10H12INO3. The number of phenols is 1. The first-order chi connectivity index (χ1) is 7.04. The quantitative estimate of drug-likeness (QED) is 0.578. The van der Waals surface area contributed by atoms with E-state index in [-0.39, 0.29) is 17.4 Å². The molecule has 0 bridgehead atoms. The lowest BCUT2D eigenvalue weighted by Crippen LogP contribution is -2.24. The minimum absolute atomic E-state index is 0.0109. The van der Waals surface area contributed by atoms with E-state index in [1.807, 2.05) is 0 Å². The predicted octanol–water partition coefficient (Wildman–Crippen LogP) is 1.40. The first kappa shape index (κ1) is 12.3. The molecule has 15 heavy (non-hydrogen) atoms. The molecule has 0 saturated heterocycles. The molecule has 0 aliphatic carbocycles. The molecule has 1 rings (SSSR count). The number of aromatic carboxylic acids is 1. The van der Waals surface area contributed by atoms with Crippen LogP contribution in [0.1, 0.15) is 15.9 Å². The maximum absolute atomic E-state index is 10.7. The zero-order chi connectivity index (χ0) is 11.4. The van der Waals surface area contributed by atoms with E-state index in [0.29, 0.717) is 6.42 Å². The van der Waals surface area contributed by atoms with Crippen molar-refractivity contribution in [3.05, 3.63) is 29.3 Å². The summed E-state index contributed by atoms with van der Waals surface area (Å²) in [6.45, 7) is 0. The monoisotopic (exact) mass is 321 g/mol. The largest absolute Gasteiger partial charge is 0.507 e. The SMILES string of the molecule is N[C@H](CI)Cc1ccc(O)c(C(=O)O)c1. The molecule has 0 heterocycles. The van der Waals surface area contributed by atoms with Gasteiger partial charge in [-0.3, -0.25) is 0 Å². The van der Waals surface area contributed by atoms with E-state index >= 15 is 0 Å². The third kappa shape index (κ3) is 3.35. The molecule has 0 aliphatic rings. The number of halogens is 1. The van der Waals surface area contributed by atoms with E-state index in [4.69, 9.17) is 10.8 Å². The summed E-state index contributed by atoms with van der Waals surface area (Å²) in [5.41, 5.74) is 6.50. The molecule has 0 spiro atoms. The summed E-state index contributed by atoms with van der Waals surface area (Å²) in [5, 5.41) is 18.1. The van der Waals surface area contributed by atoms with Gasteiger partial charge in [-0.2, -0.15) is 0 Å². The van der Waals surface area contributed by atoms with E-state index in [1.54, 1.807) is 6.07 Å². The molecule has 5 heteroatoms. The predicted molar refractivity (Wildman–Crippen MR) is 65.6 cm³/mol. The standard InChI is InChI=1S/C10H12INO3/c11-5-7(12)3-6-1-2-9(13)8(4-6)10(14)15/h1-2,4,7,13H,3,5,12H2,(H,14,15)/t7-/m0/s1. The van der Waals surface area contributed by atoms with Gasteiger partial charge in [0.1, 0.15) is 11.3 Å². The molecule has 4 nitrogen and oxygen atoms in total. The molecule has 0 aromatic heterocycles. The number of carboxylic acids is 1. The number of carboxylic acid groups (broad SMARTS) is 1. The number of carbonyl (C=O) groups is 1. The van der Waals surface area contributed by atoms with Crippen LogP contribution < -0.4 is 5.73 Å². The highest BCUT2D eigenvalue weighted by atomic mass is 127. The summed E-state index contributed by atoms with van der Waals surface area (Å²) < 4.78 is 0.807. The number of alkyl halides is 1. The second kappa shape index (κ2) is 5.32. The maximum atomic E-state index is 10.7. The van der Waals surface area contributed by atoms with Gasteiger partial charge in [0.25, 0.3) is 0 Å². The summed E-state index contributed by atoms with van der Waals surface area (Å²) in [7, 11) is 0. The first-order valence-corrected chi connectivity index (χ1v) is 5.94. The lowest BCUT2D eigenvalue weighted by molar-refractivity contribution is 0.0693. The molecular weight excluding hydrogens is 309 g/mol. The van der Waals surface area contributed by atoms with Crippen LogP contribution in [0.4, 0.5) is 0 Å². The van der Waals surface area contributed by atoms with Crippen LogP contribution in [0.15, 0.2) is 18.2 Å². The number of hydrogen-bond acceptors (Lipinski definition) is 3. The van der Waals surface area contributed by atoms with Crippen LogP contribution in [0.3, 0.4) is 0 Å². The van der Waals surface area contributed by atoms with Crippen LogP contribution in [0, 0.1) is 0 Å². The average Bonchev–Trinajstić information content (AvgIpc) is 2.20. The van der Waals surface area contributed by atoms with Crippen LogP contribution >= 0.6 is 22.6 Å². The van der Waals surface area contributed by atoms with Gasteiger partial charge in [0.15, 0.2) is 0 Å².